The summed E-state index contributed by atoms with van der Waals surface area (Å²) in [6.45, 7) is 1.76. The summed E-state index contributed by atoms with van der Waals surface area (Å²) < 4.78 is 1.41. The first kappa shape index (κ1) is 14.7. The number of rotatable bonds is 2. The largest absolute Gasteiger partial charge is 0.321 e. The number of aromatic nitrogens is 2. The Labute approximate surface area is 135 Å². The molecule has 1 N–H and O–H groups in total. The van der Waals surface area contributed by atoms with Gasteiger partial charge in [-0.05, 0) is 36.8 Å². The number of fused-ring (bicyclic) bond motifs is 1. The van der Waals surface area contributed by atoms with Crippen LogP contribution in [0.5, 0.6) is 0 Å². The van der Waals surface area contributed by atoms with Crippen LogP contribution in [0.3, 0.4) is 0 Å². The highest BCUT2D eigenvalue weighted by molar-refractivity contribution is 7.20. The number of hydrogen-bond donors (Lipinski definition) is 1. The van der Waals surface area contributed by atoms with Gasteiger partial charge in [-0.1, -0.05) is 11.6 Å². The van der Waals surface area contributed by atoms with Gasteiger partial charge < -0.3 is 9.88 Å². The third kappa shape index (κ3) is 2.51. The van der Waals surface area contributed by atoms with Crippen molar-refractivity contribution in [3.05, 3.63) is 56.4 Å². The van der Waals surface area contributed by atoms with E-state index in [1.807, 2.05) is 0 Å². The van der Waals surface area contributed by atoms with Crippen LogP contribution in [0.2, 0.25) is 5.02 Å². The molecule has 0 aliphatic rings. The van der Waals surface area contributed by atoms with Crippen LogP contribution in [0, 0.1) is 6.92 Å². The molecule has 0 bridgehead atoms. The molecule has 0 radical (unpaired) electrons. The van der Waals surface area contributed by atoms with Crippen LogP contribution in [0.15, 0.2) is 35.4 Å². The fraction of sp³-hybridized carbons (Fsp3) is 0.133. The molecule has 1 aromatic carbocycles. The lowest BCUT2D eigenvalue weighted by molar-refractivity contribution is 0.103. The average Bonchev–Trinajstić information content (AvgIpc) is 2.83. The van der Waals surface area contributed by atoms with Crippen LogP contribution in [0.1, 0.15) is 15.2 Å². The highest BCUT2D eigenvalue weighted by Gasteiger charge is 2.19. The van der Waals surface area contributed by atoms with Gasteiger partial charge in [-0.15, -0.1) is 11.3 Å². The van der Waals surface area contributed by atoms with Gasteiger partial charge in [0, 0.05) is 17.8 Å². The third-order valence-electron chi connectivity index (χ3n) is 3.32. The topological polar surface area (TPSA) is 64.0 Å². The molecule has 1 amide bonds. The van der Waals surface area contributed by atoms with Crippen molar-refractivity contribution in [2.24, 2.45) is 7.05 Å². The Kier molecular flexibility index (Phi) is 3.72. The second-order valence-corrected chi connectivity index (χ2v) is 6.29. The molecule has 0 fully saturated rings. The van der Waals surface area contributed by atoms with Crippen molar-refractivity contribution in [3.63, 3.8) is 0 Å². The van der Waals surface area contributed by atoms with E-state index in [2.05, 4.69) is 10.3 Å². The summed E-state index contributed by atoms with van der Waals surface area (Å²) in [7, 11) is 1.64. The summed E-state index contributed by atoms with van der Waals surface area (Å²) >= 11 is 7.03. The van der Waals surface area contributed by atoms with Crippen LogP contribution < -0.4 is 10.9 Å². The number of benzene rings is 1. The van der Waals surface area contributed by atoms with Crippen LogP contribution in [-0.4, -0.2) is 15.5 Å². The molecule has 0 aliphatic carbocycles. The van der Waals surface area contributed by atoms with E-state index in [-0.39, 0.29) is 11.5 Å². The average molecular weight is 334 g/mol. The van der Waals surface area contributed by atoms with Gasteiger partial charge in [-0.2, -0.15) is 0 Å². The summed E-state index contributed by atoms with van der Waals surface area (Å²) in [4.78, 5) is 29.8. The quantitative estimate of drug-likeness (QED) is 0.783. The van der Waals surface area contributed by atoms with Crippen molar-refractivity contribution in [1.29, 1.82) is 0 Å². The standard InChI is InChI=1S/C15H12ClN3O2S/c1-8-11-14(17-7-19(2)15(11)21)22-12(8)13(20)18-10-5-3-9(16)4-6-10/h3-7H,1-2H3,(H,18,20). The van der Waals surface area contributed by atoms with E-state index >= 15 is 0 Å². The van der Waals surface area contributed by atoms with Gasteiger partial charge >= 0.3 is 0 Å². The number of aryl methyl sites for hydroxylation is 2. The molecule has 2 aromatic heterocycles. The predicted octanol–water partition coefficient (Wildman–Crippen LogP) is 3.21. The molecule has 0 atom stereocenters. The molecule has 5 nitrogen and oxygen atoms in total. The lowest BCUT2D eigenvalue weighted by Gasteiger charge is -2.04. The monoisotopic (exact) mass is 333 g/mol. The van der Waals surface area contributed by atoms with E-state index in [0.29, 0.717) is 31.4 Å². The lowest BCUT2D eigenvalue weighted by atomic mass is 10.2. The van der Waals surface area contributed by atoms with Gasteiger partial charge in [0.1, 0.15) is 4.83 Å². The van der Waals surface area contributed by atoms with E-state index in [9.17, 15) is 9.59 Å². The molecule has 7 heteroatoms. The predicted molar refractivity (Wildman–Crippen MR) is 89.0 cm³/mol. The first-order valence-electron chi connectivity index (χ1n) is 6.49. The zero-order valence-corrected chi connectivity index (χ0v) is 13.5. The molecule has 0 aliphatic heterocycles. The van der Waals surface area contributed by atoms with Crippen molar-refractivity contribution in [2.45, 2.75) is 6.92 Å². The van der Waals surface area contributed by atoms with Gasteiger partial charge in [0.05, 0.1) is 16.6 Å². The van der Waals surface area contributed by atoms with Crippen molar-refractivity contribution in [2.75, 3.05) is 5.32 Å². The molecular weight excluding hydrogens is 322 g/mol. The van der Waals surface area contributed by atoms with Crippen molar-refractivity contribution < 1.29 is 4.79 Å². The second kappa shape index (κ2) is 5.55. The van der Waals surface area contributed by atoms with E-state index in [1.165, 1.54) is 22.2 Å². The minimum atomic E-state index is -0.259. The maximum atomic E-state index is 12.4. The van der Waals surface area contributed by atoms with Gasteiger partial charge in [-0.25, -0.2) is 4.98 Å². The van der Waals surface area contributed by atoms with Crippen molar-refractivity contribution >= 4 is 44.7 Å². The van der Waals surface area contributed by atoms with Crippen molar-refractivity contribution in [1.82, 2.24) is 9.55 Å². The van der Waals surface area contributed by atoms with E-state index < -0.39 is 0 Å². The first-order chi connectivity index (χ1) is 10.5. The molecule has 0 spiro atoms. The number of amides is 1. The number of nitrogens with zero attached hydrogens (tertiary/aromatic N) is 2. The van der Waals surface area contributed by atoms with E-state index in [0.717, 1.165) is 0 Å². The Bertz CT molecular complexity index is 928. The maximum Gasteiger partial charge on any atom is 0.266 e. The fourth-order valence-corrected chi connectivity index (χ4v) is 3.31. The van der Waals surface area contributed by atoms with Gasteiger partial charge in [-0.3, -0.25) is 9.59 Å². The van der Waals surface area contributed by atoms with Gasteiger partial charge in [0.15, 0.2) is 0 Å². The van der Waals surface area contributed by atoms with Crippen LogP contribution >= 0.6 is 22.9 Å². The smallest absolute Gasteiger partial charge is 0.266 e. The molecule has 2 heterocycles. The SMILES string of the molecule is Cc1c(C(=O)Nc2ccc(Cl)cc2)sc2ncn(C)c(=O)c12. The van der Waals surface area contributed by atoms with E-state index in [4.69, 9.17) is 11.6 Å². The number of thiophene rings is 1. The highest BCUT2D eigenvalue weighted by Crippen LogP contribution is 2.27. The molecule has 112 valence electrons. The molecule has 3 aromatic rings. The van der Waals surface area contributed by atoms with Crippen LogP contribution in [0.25, 0.3) is 10.2 Å². The first-order valence-corrected chi connectivity index (χ1v) is 7.68. The Hall–Kier alpha value is -2.18. The second-order valence-electron chi connectivity index (χ2n) is 4.86. The summed E-state index contributed by atoms with van der Waals surface area (Å²) in [6.07, 6.45) is 1.46. The normalized spacial score (nSPS) is 10.9. The lowest BCUT2D eigenvalue weighted by Crippen LogP contribution is -2.17. The highest BCUT2D eigenvalue weighted by atomic mass is 35.5. The Morgan fingerprint density at radius 1 is 1.32 bits per heavy atom. The van der Waals surface area contributed by atoms with Crippen LogP contribution in [0.4, 0.5) is 5.69 Å². The summed E-state index contributed by atoms with van der Waals surface area (Å²) in [5.74, 6) is -0.259. The summed E-state index contributed by atoms with van der Waals surface area (Å²) in [5, 5.41) is 3.89. The number of carbonyl (C=O) groups is 1. The van der Waals surface area contributed by atoms with E-state index in [1.54, 1.807) is 38.2 Å². The van der Waals surface area contributed by atoms with Crippen LogP contribution in [-0.2, 0) is 7.05 Å². The summed E-state index contributed by atoms with van der Waals surface area (Å²) in [6, 6.07) is 6.85. The Balaban J connectivity index is 2.01. The molecular formula is C15H12ClN3O2S. The molecule has 22 heavy (non-hydrogen) atoms. The van der Waals surface area contributed by atoms with Crippen molar-refractivity contribution in [3.8, 4) is 0 Å². The number of hydrogen-bond acceptors (Lipinski definition) is 4. The third-order valence-corrected chi connectivity index (χ3v) is 4.77. The number of nitrogens with one attached hydrogen (secondary N) is 1. The number of carbonyl (C=O) groups excluding carboxylic acids is 1. The zero-order valence-electron chi connectivity index (χ0n) is 11.9. The molecule has 3 rings (SSSR count). The maximum absolute atomic E-state index is 12.4. The van der Waals surface area contributed by atoms with Gasteiger partial charge in [0.25, 0.3) is 11.5 Å². The summed E-state index contributed by atoms with van der Waals surface area (Å²) in [5.41, 5.74) is 1.15. The number of anilines is 1. The number of halogens is 1. The zero-order chi connectivity index (χ0) is 15.9. The fourth-order valence-electron chi connectivity index (χ4n) is 2.15. The Morgan fingerprint density at radius 3 is 2.68 bits per heavy atom. The Morgan fingerprint density at radius 2 is 2.00 bits per heavy atom. The van der Waals surface area contributed by atoms with Gasteiger partial charge in [0.2, 0.25) is 0 Å². The molecule has 0 saturated heterocycles. The minimum Gasteiger partial charge on any atom is -0.321 e. The molecule has 0 unspecified atom stereocenters. The molecule has 0 saturated carbocycles. The minimum absolute atomic E-state index is 0.149.